The van der Waals surface area contributed by atoms with Crippen LogP contribution in [0.5, 0.6) is 5.75 Å². The van der Waals surface area contributed by atoms with Crippen molar-refractivity contribution in [2.75, 3.05) is 11.5 Å². The molecule has 1 amide bonds. The molecule has 0 saturated heterocycles. The Morgan fingerprint density at radius 1 is 1.00 bits per heavy atom. The van der Waals surface area contributed by atoms with E-state index >= 15 is 0 Å². The van der Waals surface area contributed by atoms with Crippen LogP contribution in [0.4, 0.5) is 5.82 Å². The summed E-state index contributed by atoms with van der Waals surface area (Å²) in [6.07, 6.45) is 3.26. The molecule has 0 unspecified atom stereocenters. The van der Waals surface area contributed by atoms with Crippen LogP contribution in [0.3, 0.4) is 0 Å². The lowest BCUT2D eigenvalue weighted by molar-refractivity contribution is 0.0970. The van der Waals surface area contributed by atoms with Crippen LogP contribution in [0, 0.1) is 13.8 Å². The number of anilines is 1. The van der Waals surface area contributed by atoms with E-state index in [0.717, 1.165) is 41.8 Å². The molecule has 0 bridgehead atoms. The zero-order valence-electron chi connectivity index (χ0n) is 20.2. The Kier molecular flexibility index (Phi) is 6.12. The summed E-state index contributed by atoms with van der Waals surface area (Å²) >= 11 is 0. The van der Waals surface area contributed by atoms with Gasteiger partial charge in [0.25, 0.3) is 5.91 Å². The molecule has 35 heavy (non-hydrogen) atoms. The van der Waals surface area contributed by atoms with Gasteiger partial charge in [0.2, 0.25) is 5.76 Å². The normalized spacial score (nSPS) is 15.0. The van der Waals surface area contributed by atoms with Gasteiger partial charge in [0, 0.05) is 5.69 Å². The van der Waals surface area contributed by atoms with Gasteiger partial charge in [-0.25, -0.2) is 4.98 Å². The first-order chi connectivity index (χ1) is 17.0. The van der Waals surface area contributed by atoms with E-state index < -0.39 is 6.04 Å². The number of ether oxygens (including phenoxy) is 1. The molecule has 6 nitrogen and oxygen atoms in total. The van der Waals surface area contributed by atoms with E-state index in [2.05, 4.69) is 11.9 Å². The number of aryl methyl sites for hydroxylation is 2. The zero-order valence-corrected chi connectivity index (χ0v) is 20.2. The molecular weight excluding hydrogens is 440 g/mol. The average molecular weight is 469 g/mol. The number of hydrogen-bond donors (Lipinski definition) is 0. The Labute approximate surface area is 204 Å². The molecule has 1 atom stereocenters. The first kappa shape index (κ1) is 22.8. The molecular formula is C29H28N2O4. The van der Waals surface area contributed by atoms with Gasteiger partial charge in [-0.2, -0.15) is 0 Å². The van der Waals surface area contributed by atoms with E-state index in [-0.39, 0.29) is 17.1 Å². The average Bonchev–Trinajstić information content (AvgIpc) is 3.15. The Morgan fingerprint density at radius 3 is 2.54 bits per heavy atom. The Bertz CT molecular complexity index is 1460. The second-order valence-corrected chi connectivity index (χ2v) is 9.01. The van der Waals surface area contributed by atoms with E-state index in [9.17, 15) is 9.59 Å². The zero-order chi connectivity index (χ0) is 24.5. The molecule has 0 N–H and O–H groups in total. The maximum atomic E-state index is 13.7. The third kappa shape index (κ3) is 4.20. The summed E-state index contributed by atoms with van der Waals surface area (Å²) < 4.78 is 11.9. The van der Waals surface area contributed by atoms with Gasteiger partial charge in [-0.1, -0.05) is 49.6 Å². The molecule has 1 aliphatic rings. The smallest absolute Gasteiger partial charge is 0.296 e. The van der Waals surface area contributed by atoms with E-state index in [0.29, 0.717) is 29.0 Å². The highest BCUT2D eigenvalue weighted by molar-refractivity contribution is 6.10. The van der Waals surface area contributed by atoms with Gasteiger partial charge >= 0.3 is 0 Å². The number of aromatic nitrogens is 1. The Hall–Kier alpha value is -3.93. The number of unbranched alkanes of at least 4 members (excludes halogenated alkanes) is 2. The number of nitrogens with zero attached hydrogens (tertiary/aromatic N) is 2. The molecule has 178 valence electrons. The fraction of sp³-hybridized carbons (Fsp3) is 0.276. The summed E-state index contributed by atoms with van der Waals surface area (Å²) in [4.78, 5) is 33.5. The molecule has 6 heteroatoms. The van der Waals surface area contributed by atoms with Crippen LogP contribution in [0.1, 0.15) is 65.2 Å². The number of rotatable bonds is 7. The monoisotopic (exact) mass is 468 g/mol. The first-order valence-corrected chi connectivity index (χ1v) is 12.0. The van der Waals surface area contributed by atoms with Crippen LogP contribution in [-0.4, -0.2) is 17.5 Å². The second-order valence-electron chi connectivity index (χ2n) is 9.01. The highest BCUT2D eigenvalue weighted by Crippen LogP contribution is 2.41. The predicted molar refractivity (Wildman–Crippen MR) is 136 cm³/mol. The summed E-state index contributed by atoms with van der Waals surface area (Å²) in [6, 6.07) is 17.9. The van der Waals surface area contributed by atoms with Gasteiger partial charge in [-0.05, 0) is 62.2 Å². The molecule has 0 aliphatic carbocycles. The summed E-state index contributed by atoms with van der Waals surface area (Å²) in [5.74, 6) is 0.934. The van der Waals surface area contributed by atoms with Crippen LogP contribution in [0.2, 0.25) is 0 Å². The topological polar surface area (TPSA) is 72.6 Å². The van der Waals surface area contributed by atoms with Crippen molar-refractivity contribution in [1.29, 1.82) is 0 Å². The third-order valence-electron chi connectivity index (χ3n) is 6.36. The molecule has 2 aromatic carbocycles. The van der Waals surface area contributed by atoms with Crippen molar-refractivity contribution < 1.29 is 13.9 Å². The van der Waals surface area contributed by atoms with Gasteiger partial charge in [0.15, 0.2) is 5.43 Å². The predicted octanol–water partition coefficient (Wildman–Crippen LogP) is 6.12. The van der Waals surface area contributed by atoms with Gasteiger partial charge in [0.1, 0.15) is 17.2 Å². The standard InChI is InChI=1S/C29H28N2O4/c1-4-5-6-16-34-21-13-11-20(12-14-21)26-25-27(32)22-17-18(2)10-15-23(22)35-28(25)29(33)31(26)24-9-7-8-19(3)30-24/h7-15,17,26H,4-6,16H2,1-3H3/t26-/m0/s1. The van der Waals surface area contributed by atoms with Crippen LogP contribution in [-0.2, 0) is 0 Å². The molecule has 0 fully saturated rings. The molecule has 1 aliphatic heterocycles. The van der Waals surface area contributed by atoms with E-state index in [1.807, 2.05) is 62.4 Å². The maximum absolute atomic E-state index is 13.7. The number of hydrogen-bond acceptors (Lipinski definition) is 5. The molecule has 4 aromatic rings. The minimum Gasteiger partial charge on any atom is -0.494 e. The van der Waals surface area contributed by atoms with Crippen LogP contribution >= 0.6 is 0 Å². The lowest BCUT2D eigenvalue weighted by atomic mass is 9.98. The number of amides is 1. The minimum atomic E-state index is -0.651. The lowest BCUT2D eigenvalue weighted by Crippen LogP contribution is -2.30. The Balaban J connectivity index is 1.63. The second kappa shape index (κ2) is 9.37. The molecule has 0 spiro atoms. The van der Waals surface area contributed by atoms with E-state index in [1.54, 1.807) is 17.0 Å². The van der Waals surface area contributed by atoms with E-state index in [4.69, 9.17) is 9.15 Å². The van der Waals surface area contributed by atoms with Crippen molar-refractivity contribution in [3.8, 4) is 5.75 Å². The summed E-state index contributed by atoms with van der Waals surface area (Å²) in [5.41, 5.74) is 3.07. The molecule has 0 radical (unpaired) electrons. The Morgan fingerprint density at radius 2 is 1.80 bits per heavy atom. The van der Waals surface area contributed by atoms with E-state index in [1.165, 1.54) is 0 Å². The van der Waals surface area contributed by atoms with Crippen molar-refractivity contribution in [2.24, 2.45) is 0 Å². The first-order valence-electron chi connectivity index (χ1n) is 12.0. The fourth-order valence-electron chi connectivity index (χ4n) is 4.59. The van der Waals surface area contributed by atoms with Crippen LogP contribution in [0.25, 0.3) is 11.0 Å². The summed E-state index contributed by atoms with van der Waals surface area (Å²) in [5, 5.41) is 0.469. The number of carbonyl (C=O) groups excluding carboxylic acids is 1. The van der Waals surface area contributed by atoms with Gasteiger partial charge in [-0.15, -0.1) is 0 Å². The number of carbonyl (C=O) groups is 1. The maximum Gasteiger partial charge on any atom is 0.296 e. The minimum absolute atomic E-state index is 0.0690. The summed E-state index contributed by atoms with van der Waals surface area (Å²) in [6.45, 7) is 6.62. The lowest BCUT2D eigenvalue weighted by Gasteiger charge is -2.24. The largest absolute Gasteiger partial charge is 0.494 e. The van der Waals surface area contributed by atoms with Crippen molar-refractivity contribution >= 4 is 22.7 Å². The third-order valence-corrected chi connectivity index (χ3v) is 6.36. The van der Waals surface area contributed by atoms with Crippen molar-refractivity contribution in [3.05, 3.63) is 99.0 Å². The number of fused-ring (bicyclic) bond motifs is 2. The quantitative estimate of drug-likeness (QED) is 0.305. The van der Waals surface area contributed by atoms with Crippen LogP contribution < -0.4 is 15.1 Å². The molecule has 0 saturated carbocycles. The van der Waals surface area contributed by atoms with Gasteiger partial charge < -0.3 is 9.15 Å². The molecule has 2 aromatic heterocycles. The van der Waals surface area contributed by atoms with Crippen molar-refractivity contribution in [1.82, 2.24) is 4.98 Å². The van der Waals surface area contributed by atoms with Crippen molar-refractivity contribution in [3.63, 3.8) is 0 Å². The highest BCUT2D eigenvalue weighted by Gasteiger charge is 2.44. The number of pyridine rings is 1. The fourth-order valence-corrected chi connectivity index (χ4v) is 4.59. The molecule has 5 rings (SSSR count). The van der Waals surface area contributed by atoms with Gasteiger partial charge in [0.05, 0.1) is 23.6 Å². The van der Waals surface area contributed by atoms with Crippen molar-refractivity contribution in [2.45, 2.75) is 46.1 Å². The number of benzene rings is 2. The summed E-state index contributed by atoms with van der Waals surface area (Å²) in [7, 11) is 0. The SMILES string of the molecule is CCCCCOc1ccc([C@H]2c3c(oc4ccc(C)cc4c3=O)C(=O)N2c2cccc(C)n2)cc1. The van der Waals surface area contributed by atoms with Gasteiger partial charge in [-0.3, -0.25) is 14.5 Å². The highest BCUT2D eigenvalue weighted by atomic mass is 16.5. The molecule has 3 heterocycles. The van der Waals surface area contributed by atoms with Crippen LogP contribution in [0.15, 0.2) is 69.9 Å².